The van der Waals surface area contributed by atoms with Crippen LogP contribution in [0.15, 0.2) is 34.9 Å². The highest BCUT2D eigenvalue weighted by molar-refractivity contribution is 7.16. The summed E-state index contributed by atoms with van der Waals surface area (Å²) < 4.78 is 10.3. The minimum absolute atomic E-state index is 0.0515. The lowest BCUT2D eigenvalue weighted by Gasteiger charge is -2.22. The average molecular weight is 471 g/mol. The van der Waals surface area contributed by atoms with E-state index in [-0.39, 0.29) is 35.1 Å². The number of benzene rings is 1. The number of anilines is 1. The molecule has 3 heterocycles. The molecule has 1 aromatic carbocycles. The zero-order chi connectivity index (χ0) is 23.4. The molecule has 0 bridgehead atoms. The Labute approximate surface area is 193 Å². The zero-order valence-corrected chi connectivity index (χ0v) is 18.8. The second-order valence-electron chi connectivity index (χ2n) is 7.29. The van der Waals surface area contributed by atoms with Gasteiger partial charge in [-0.3, -0.25) is 14.5 Å². The fourth-order valence-electron chi connectivity index (χ4n) is 3.43. The van der Waals surface area contributed by atoms with Gasteiger partial charge in [-0.2, -0.15) is 4.98 Å². The zero-order valence-electron chi connectivity index (χ0n) is 18.0. The summed E-state index contributed by atoms with van der Waals surface area (Å²) in [4.78, 5) is 47.6. The van der Waals surface area contributed by atoms with Gasteiger partial charge in [0.2, 0.25) is 5.89 Å². The Bertz CT molecular complexity index is 1160. The van der Waals surface area contributed by atoms with Crippen LogP contribution in [-0.4, -0.2) is 51.5 Å². The van der Waals surface area contributed by atoms with Gasteiger partial charge in [-0.25, -0.2) is 9.78 Å². The Morgan fingerprint density at radius 3 is 2.70 bits per heavy atom. The lowest BCUT2D eigenvalue weighted by Crippen LogP contribution is -2.31. The molecule has 172 valence electrons. The average Bonchev–Trinajstić information content (AvgIpc) is 3.57. The van der Waals surface area contributed by atoms with Crippen LogP contribution in [0.2, 0.25) is 0 Å². The third-order valence-corrected chi connectivity index (χ3v) is 6.09. The monoisotopic (exact) mass is 470 g/mol. The van der Waals surface area contributed by atoms with Crippen LogP contribution in [0, 0.1) is 6.92 Å². The SMILES string of the molecule is CNC(=O)c1nc(C2CCCN2C(=O)OCc2ccccc2)sc1NC(=O)c1noc(C)n1. The van der Waals surface area contributed by atoms with Crippen LogP contribution >= 0.6 is 11.3 Å². The summed E-state index contributed by atoms with van der Waals surface area (Å²) in [6.07, 6.45) is 0.980. The van der Waals surface area contributed by atoms with Crippen molar-refractivity contribution in [2.45, 2.75) is 32.4 Å². The second-order valence-corrected chi connectivity index (χ2v) is 8.32. The lowest BCUT2D eigenvalue weighted by atomic mass is 10.2. The van der Waals surface area contributed by atoms with Gasteiger partial charge in [0, 0.05) is 20.5 Å². The van der Waals surface area contributed by atoms with Gasteiger partial charge in [0.05, 0.1) is 6.04 Å². The number of nitrogens with zero attached hydrogens (tertiary/aromatic N) is 4. The van der Waals surface area contributed by atoms with Crippen molar-refractivity contribution in [3.63, 3.8) is 0 Å². The van der Waals surface area contributed by atoms with Crippen LogP contribution in [0.3, 0.4) is 0 Å². The van der Waals surface area contributed by atoms with Crippen LogP contribution in [0.4, 0.5) is 9.80 Å². The number of carbonyl (C=O) groups excluding carboxylic acids is 3. The summed E-state index contributed by atoms with van der Waals surface area (Å²) in [5.74, 6) is -1.00. The van der Waals surface area contributed by atoms with Crippen LogP contribution in [-0.2, 0) is 11.3 Å². The number of rotatable bonds is 6. The first-order chi connectivity index (χ1) is 16.0. The molecule has 1 atom stereocenters. The first-order valence-corrected chi connectivity index (χ1v) is 11.1. The van der Waals surface area contributed by atoms with Crippen LogP contribution in [0.25, 0.3) is 0 Å². The Morgan fingerprint density at radius 1 is 1.21 bits per heavy atom. The number of aromatic nitrogens is 3. The number of carbonyl (C=O) groups is 3. The minimum atomic E-state index is -0.627. The predicted octanol–water partition coefficient (Wildman–Crippen LogP) is 2.92. The molecule has 1 aliphatic heterocycles. The van der Waals surface area contributed by atoms with E-state index in [1.165, 1.54) is 7.05 Å². The van der Waals surface area contributed by atoms with Gasteiger partial charge in [0.1, 0.15) is 16.6 Å². The molecule has 4 rings (SSSR count). The maximum atomic E-state index is 12.8. The Balaban J connectivity index is 1.52. The van der Waals surface area contributed by atoms with Gasteiger partial charge in [0.15, 0.2) is 5.69 Å². The molecule has 0 saturated carbocycles. The molecule has 3 amide bonds. The topological polar surface area (TPSA) is 140 Å². The molecule has 1 saturated heterocycles. The summed E-state index contributed by atoms with van der Waals surface area (Å²) >= 11 is 1.13. The number of amides is 3. The van der Waals surface area contributed by atoms with E-state index < -0.39 is 17.9 Å². The smallest absolute Gasteiger partial charge is 0.410 e. The van der Waals surface area contributed by atoms with E-state index in [2.05, 4.69) is 25.8 Å². The van der Waals surface area contributed by atoms with Gasteiger partial charge in [-0.15, -0.1) is 0 Å². The van der Waals surface area contributed by atoms with E-state index >= 15 is 0 Å². The van der Waals surface area contributed by atoms with E-state index in [0.717, 1.165) is 23.3 Å². The molecule has 0 radical (unpaired) electrons. The van der Waals surface area contributed by atoms with Gasteiger partial charge in [0.25, 0.3) is 17.6 Å². The molecule has 1 aliphatic rings. The molecule has 2 N–H and O–H groups in total. The minimum Gasteiger partial charge on any atom is -0.445 e. The molecule has 2 aromatic heterocycles. The van der Waals surface area contributed by atoms with Crippen molar-refractivity contribution < 1.29 is 23.6 Å². The number of ether oxygens (including phenoxy) is 1. The highest BCUT2D eigenvalue weighted by Gasteiger charge is 2.35. The number of thiazole rings is 1. The fourth-order valence-corrected chi connectivity index (χ4v) is 4.54. The number of aryl methyl sites for hydroxylation is 1. The highest BCUT2D eigenvalue weighted by Crippen LogP contribution is 2.38. The van der Waals surface area contributed by atoms with Crippen LogP contribution in [0.1, 0.15) is 56.5 Å². The van der Waals surface area contributed by atoms with E-state index in [4.69, 9.17) is 9.26 Å². The van der Waals surface area contributed by atoms with Crippen molar-refractivity contribution >= 4 is 34.2 Å². The lowest BCUT2D eigenvalue weighted by molar-refractivity contribution is 0.0919. The molecule has 12 heteroatoms. The largest absolute Gasteiger partial charge is 0.445 e. The molecular formula is C21H22N6O5S. The maximum Gasteiger partial charge on any atom is 0.410 e. The highest BCUT2D eigenvalue weighted by atomic mass is 32.1. The van der Waals surface area contributed by atoms with Crippen LogP contribution < -0.4 is 10.6 Å². The predicted molar refractivity (Wildman–Crippen MR) is 118 cm³/mol. The number of hydrogen-bond acceptors (Lipinski definition) is 9. The Morgan fingerprint density at radius 2 is 2.00 bits per heavy atom. The molecule has 1 fully saturated rings. The van der Waals surface area contributed by atoms with E-state index in [1.54, 1.807) is 11.8 Å². The molecule has 1 unspecified atom stereocenters. The standard InChI is InChI=1S/C21H22N6O5S/c1-12-23-16(26-32-12)18(29)25-20-15(17(28)22-2)24-19(33-20)14-9-6-10-27(14)21(30)31-11-13-7-4-3-5-8-13/h3-5,7-8,14H,6,9-11H2,1-2H3,(H,22,28)(H,25,29). The van der Waals surface area contributed by atoms with Crippen molar-refractivity contribution in [3.8, 4) is 0 Å². The first kappa shape index (κ1) is 22.4. The maximum absolute atomic E-state index is 12.8. The van der Waals surface area contributed by atoms with Crippen molar-refractivity contribution in [1.82, 2.24) is 25.3 Å². The molecule has 11 nitrogen and oxygen atoms in total. The van der Waals surface area contributed by atoms with Crippen molar-refractivity contribution in [2.24, 2.45) is 0 Å². The first-order valence-electron chi connectivity index (χ1n) is 10.3. The van der Waals surface area contributed by atoms with Crippen molar-refractivity contribution in [3.05, 3.63) is 58.3 Å². The summed E-state index contributed by atoms with van der Waals surface area (Å²) in [6, 6.07) is 9.05. The summed E-state index contributed by atoms with van der Waals surface area (Å²) in [6.45, 7) is 2.24. The molecule has 0 spiro atoms. The van der Waals surface area contributed by atoms with Crippen LogP contribution in [0.5, 0.6) is 0 Å². The molecular weight excluding hydrogens is 448 g/mol. The van der Waals surface area contributed by atoms with E-state index in [1.807, 2.05) is 30.3 Å². The normalized spacial score (nSPS) is 15.3. The quantitative estimate of drug-likeness (QED) is 0.560. The number of hydrogen-bond donors (Lipinski definition) is 2. The molecule has 0 aliphatic carbocycles. The molecule has 3 aromatic rings. The van der Waals surface area contributed by atoms with Gasteiger partial charge in [-0.1, -0.05) is 46.8 Å². The van der Waals surface area contributed by atoms with E-state index in [0.29, 0.717) is 18.0 Å². The summed E-state index contributed by atoms with van der Waals surface area (Å²) in [5.41, 5.74) is 0.940. The number of nitrogens with one attached hydrogen (secondary N) is 2. The van der Waals surface area contributed by atoms with E-state index in [9.17, 15) is 14.4 Å². The third-order valence-electron chi connectivity index (χ3n) is 5.02. The van der Waals surface area contributed by atoms with Gasteiger partial charge < -0.3 is 19.9 Å². The van der Waals surface area contributed by atoms with Crippen molar-refractivity contribution in [2.75, 3.05) is 18.9 Å². The number of likely N-dealkylation sites (tertiary alicyclic amines) is 1. The Kier molecular flexibility index (Phi) is 6.63. The Hall–Kier alpha value is -3.80. The summed E-state index contributed by atoms with van der Waals surface area (Å²) in [7, 11) is 1.47. The fraction of sp³-hybridized carbons (Fsp3) is 0.333. The van der Waals surface area contributed by atoms with Gasteiger partial charge in [-0.05, 0) is 18.4 Å². The summed E-state index contributed by atoms with van der Waals surface area (Å²) in [5, 5.41) is 9.50. The molecule has 33 heavy (non-hydrogen) atoms. The third kappa shape index (κ3) is 5.00. The van der Waals surface area contributed by atoms with Crippen molar-refractivity contribution in [1.29, 1.82) is 0 Å². The van der Waals surface area contributed by atoms with Gasteiger partial charge >= 0.3 is 6.09 Å². The second kappa shape index (κ2) is 9.77.